The van der Waals surface area contributed by atoms with E-state index in [1.807, 2.05) is 0 Å². The fourth-order valence-corrected chi connectivity index (χ4v) is 5.62. The Morgan fingerprint density at radius 1 is 1.11 bits per heavy atom. The van der Waals surface area contributed by atoms with E-state index in [2.05, 4.69) is 4.98 Å². The van der Waals surface area contributed by atoms with Crippen LogP contribution in [0.1, 0.15) is 51.5 Å². The molecule has 1 aromatic heterocycles. The number of pyridine rings is 1. The number of amides is 1. The standard InChI is InChI=1S/C28H25F3N2O5/c1-14-8-16(26(34)35)9-15(2)24(14)17-10-22(25(37-3)32-12-17)20-6-4-18(28(29,30)31)11-21(20)23-7-5-19-13-38-27(36)33(19)23/h4,6,8-12,19,23H,5,7,13H2,1-3H3,(H,34,35)/t19-,23-/m0/s1. The van der Waals surface area contributed by atoms with Crippen LogP contribution in [0.3, 0.4) is 0 Å². The number of nitrogens with zero attached hydrogens (tertiary/aromatic N) is 2. The number of carbonyl (C=O) groups excluding carboxylic acids is 1. The minimum Gasteiger partial charge on any atom is -0.481 e. The largest absolute Gasteiger partial charge is 0.481 e. The van der Waals surface area contributed by atoms with Gasteiger partial charge in [-0.05, 0) is 84.8 Å². The Labute approximate surface area is 216 Å². The smallest absolute Gasteiger partial charge is 0.416 e. The average molecular weight is 527 g/mol. The quantitative estimate of drug-likeness (QED) is 0.413. The van der Waals surface area contributed by atoms with Crippen molar-refractivity contribution in [2.24, 2.45) is 0 Å². The number of alkyl halides is 3. The van der Waals surface area contributed by atoms with E-state index in [9.17, 15) is 27.9 Å². The topological polar surface area (TPSA) is 89.0 Å². The Morgan fingerprint density at radius 2 is 1.82 bits per heavy atom. The second-order valence-electron chi connectivity index (χ2n) is 9.60. The fraction of sp³-hybridized carbons (Fsp3) is 0.321. The molecule has 0 saturated carbocycles. The molecule has 38 heavy (non-hydrogen) atoms. The maximum atomic E-state index is 13.8. The first-order valence-corrected chi connectivity index (χ1v) is 12.0. The van der Waals surface area contributed by atoms with Gasteiger partial charge < -0.3 is 14.6 Å². The third-order valence-corrected chi connectivity index (χ3v) is 7.25. The van der Waals surface area contributed by atoms with Crippen LogP contribution in [0.5, 0.6) is 5.88 Å². The minimum absolute atomic E-state index is 0.156. The van der Waals surface area contributed by atoms with Crippen molar-refractivity contribution < 1.29 is 37.3 Å². The van der Waals surface area contributed by atoms with E-state index in [4.69, 9.17) is 9.47 Å². The summed E-state index contributed by atoms with van der Waals surface area (Å²) in [6.45, 7) is 3.80. The first-order chi connectivity index (χ1) is 18.0. The molecule has 0 unspecified atom stereocenters. The zero-order chi connectivity index (χ0) is 27.4. The molecule has 2 aliphatic rings. The summed E-state index contributed by atoms with van der Waals surface area (Å²) >= 11 is 0. The Bertz CT molecular complexity index is 1430. The number of rotatable bonds is 5. The summed E-state index contributed by atoms with van der Waals surface area (Å²) < 4.78 is 52.0. The number of ether oxygens (including phenoxy) is 2. The van der Waals surface area contributed by atoms with Crippen LogP contribution in [-0.2, 0) is 10.9 Å². The summed E-state index contributed by atoms with van der Waals surface area (Å²) in [6, 6.07) is 7.63. The van der Waals surface area contributed by atoms with Gasteiger partial charge in [-0.1, -0.05) is 6.07 Å². The average Bonchev–Trinajstić information content (AvgIpc) is 3.45. The van der Waals surface area contributed by atoms with E-state index in [1.165, 1.54) is 18.1 Å². The highest BCUT2D eigenvalue weighted by Crippen LogP contribution is 2.46. The Balaban J connectivity index is 1.70. The highest BCUT2D eigenvalue weighted by atomic mass is 19.4. The summed E-state index contributed by atoms with van der Waals surface area (Å²) in [5.74, 6) is -0.827. The number of benzene rings is 2. The van der Waals surface area contributed by atoms with E-state index in [0.717, 1.165) is 17.7 Å². The molecule has 10 heteroatoms. The molecule has 5 rings (SSSR count). The Morgan fingerprint density at radius 3 is 2.45 bits per heavy atom. The second-order valence-corrected chi connectivity index (χ2v) is 9.60. The van der Waals surface area contributed by atoms with Crippen molar-refractivity contribution in [2.75, 3.05) is 13.7 Å². The van der Waals surface area contributed by atoms with Crippen LogP contribution in [0, 0.1) is 13.8 Å². The third-order valence-electron chi connectivity index (χ3n) is 7.25. The number of aromatic carboxylic acids is 1. The number of halogens is 3. The second kappa shape index (κ2) is 9.34. The van der Waals surface area contributed by atoms with E-state index in [1.54, 1.807) is 38.2 Å². The number of methoxy groups -OCH3 is 1. The molecule has 0 aliphatic carbocycles. The molecule has 2 aromatic carbocycles. The molecule has 2 fully saturated rings. The molecule has 0 spiro atoms. The summed E-state index contributed by atoms with van der Waals surface area (Å²) in [4.78, 5) is 30.0. The molecule has 0 radical (unpaired) electrons. The highest BCUT2D eigenvalue weighted by molar-refractivity contribution is 5.90. The van der Waals surface area contributed by atoms with Crippen molar-refractivity contribution in [2.45, 2.75) is 44.9 Å². The van der Waals surface area contributed by atoms with Crippen LogP contribution in [0.25, 0.3) is 22.3 Å². The van der Waals surface area contributed by atoms with Crippen LogP contribution in [0.15, 0.2) is 42.6 Å². The predicted octanol–water partition coefficient (Wildman–Crippen LogP) is 6.41. The maximum Gasteiger partial charge on any atom is 0.416 e. The zero-order valence-corrected chi connectivity index (χ0v) is 20.9. The van der Waals surface area contributed by atoms with Gasteiger partial charge in [0.1, 0.15) is 6.61 Å². The van der Waals surface area contributed by atoms with Gasteiger partial charge >= 0.3 is 18.2 Å². The molecular weight excluding hydrogens is 501 g/mol. The fourth-order valence-electron chi connectivity index (χ4n) is 5.62. The lowest BCUT2D eigenvalue weighted by atomic mass is 9.89. The monoisotopic (exact) mass is 526 g/mol. The summed E-state index contributed by atoms with van der Waals surface area (Å²) in [5, 5.41) is 9.41. The lowest BCUT2D eigenvalue weighted by molar-refractivity contribution is -0.137. The lowest BCUT2D eigenvalue weighted by Crippen LogP contribution is -2.30. The molecule has 198 valence electrons. The van der Waals surface area contributed by atoms with Crippen LogP contribution >= 0.6 is 0 Å². The first kappa shape index (κ1) is 25.6. The molecule has 2 aliphatic heterocycles. The SMILES string of the molecule is COc1ncc(-c2c(C)cc(C(=O)O)cc2C)cc1-c1ccc(C(F)(F)F)cc1[C@@H]1CC[C@H]2COC(=O)N21. The summed E-state index contributed by atoms with van der Waals surface area (Å²) in [7, 11) is 1.43. The molecule has 3 aromatic rings. The van der Waals surface area contributed by atoms with Crippen molar-refractivity contribution >= 4 is 12.1 Å². The Kier molecular flexibility index (Phi) is 6.28. The third kappa shape index (κ3) is 4.33. The molecule has 3 heterocycles. The molecule has 1 N–H and O–H groups in total. The van der Waals surface area contributed by atoms with E-state index in [-0.39, 0.29) is 24.1 Å². The zero-order valence-electron chi connectivity index (χ0n) is 20.9. The maximum absolute atomic E-state index is 13.8. The summed E-state index contributed by atoms with van der Waals surface area (Å²) in [6.07, 6.45) is -2.40. The minimum atomic E-state index is -4.57. The number of hydrogen-bond acceptors (Lipinski definition) is 5. The molecule has 7 nitrogen and oxygen atoms in total. The van der Waals surface area contributed by atoms with Crippen LogP contribution in [0.4, 0.5) is 18.0 Å². The van der Waals surface area contributed by atoms with Crippen molar-refractivity contribution in [1.29, 1.82) is 0 Å². The number of cyclic esters (lactones) is 1. The lowest BCUT2D eigenvalue weighted by Gasteiger charge is -2.26. The molecule has 1 amide bonds. The highest BCUT2D eigenvalue weighted by Gasteiger charge is 2.45. The van der Waals surface area contributed by atoms with E-state index in [0.29, 0.717) is 46.2 Å². The van der Waals surface area contributed by atoms with Crippen molar-refractivity contribution in [3.8, 4) is 28.1 Å². The van der Waals surface area contributed by atoms with Crippen molar-refractivity contribution in [1.82, 2.24) is 9.88 Å². The van der Waals surface area contributed by atoms with Crippen molar-refractivity contribution in [3.05, 3.63) is 70.4 Å². The molecular formula is C28H25F3N2O5. The van der Waals surface area contributed by atoms with E-state index < -0.39 is 29.8 Å². The van der Waals surface area contributed by atoms with Crippen LogP contribution < -0.4 is 4.74 Å². The normalized spacial score (nSPS) is 18.9. The van der Waals surface area contributed by atoms with Crippen LogP contribution in [0.2, 0.25) is 0 Å². The number of carboxylic acid groups (broad SMARTS) is 1. The van der Waals surface area contributed by atoms with Gasteiger partial charge in [-0.25, -0.2) is 14.6 Å². The molecule has 2 atom stereocenters. The van der Waals surface area contributed by atoms with E-state index >= 15 is 0 Å². The van der Waals surface area contributed by atoms with Crippen molar-refractivity contribution in [3.63, 3.8) is 0 Å². The van der Waals surface area contributed by atoms with Gasteiger partial charge in [-0.2, -0.15) is 13.2 Å². The Hall–Kier alpha value is -4.08. The van der Waals surface area contributed by atoms with Gasteiger partial charge in [0.05, 0.1) is 30.3 Å². The summed E-state index contributed by atoms with van der Waals surface area (Å²) in [5.41, 5.74) is 3.46. The van der Waals surface area contributed by atoms with Gasteiger partial charge in [0, 0.05) is 17.3 Å². The first-order valence-electron chi connectivity index (χ1n) is 12.0. The van der Waals surface area contributed by atoms with Gasteiger partial charge in [-0.3, -0.25) is 4.90 Å². The number of carboxylic acids is 1. The predicted molar refractivity (Wildman–Crippen MR) is 132 cm³/mol. The van der Waals surface area contributed by atoms with Gasteiger partial charge in [0.2, 0.25) is 5.88 Å². The number of fused-ring (bicyclic) bond motifs is 1. The van der Waals surface area contributed by atoms with Crippen LogP contribution in [-0.4, -0.2) is 46.8 Å². The van der Waals surface area contributed by atoms with Gasteiger partial charge in [0.25, 0.3) is 0 Å². The number of aromatic nitrogens is 1. The van der Waals surface area contributed by atoms with Gasteiger partial charge in [0.15, 0.2) is 0 Å². The number of carbonyl (C=O) groups is 2. The number of hydrogen-bond donors (Lipinski definition) is 1. The van der Waals surface area contributed by atoms with Gasteiger partial charge in [-0.15, -0.1) is 0 Å². The number of aryl methyl sites for hydroxylation is 2. The molecule has 2 saturated heterocycles. The molecule has 0 bridgehead atoms.